The zero-order valence-electron chi connectivity index (χ0n) is 19.0. The van der Waals surface area contributed by atoms with Crippen LogP contribution in [0.2, 0.25) is 0 Å². The first kappa shape index (κ1) is 25.1. The predicted molar refractivity (Wildman–Crippen MR) is 108 cm³/mol. The van der Waals surface area contributed by atoms with Crippen molar-refractivity contribution >= 4 is 11.8 Å². The van der Waals surface area contributed by atoms with Crippen LogP contribution in [0.1, 0.15) is 56.1 Å². The van der Waals surface area contributed by atoms with Crippen LogP contribution in [0.25, 0.3) is 0 Å². The van der Waals surface area contributed by atoms with E-state index in [1.54, 1.807) is 6.07 Å². The first-order valence-electron chi connectivity index (χ1n) is 11.4. The number of aliphatic carboxylic acids is 1. The minimum absolute atomic E-state index is 0. The summed E-state index contributed by atoms with van der Waals surface area (Å²) in [5.41, 5.74) is 2.24. The van der Waals surface area contributed by atoms with E-state index in [1.807, 2.05) is 12.1 Å². The number of rotatable bonds is 3. The van der Waals surface area contributed by atoms with Crippen LogP contribution < -0.4 is 39.4 Å². The smallest absolute Gasteiger partial charge is 0.547 e. The van der Waals surface area contributed by atoms with E-state index in [2.05, 4.69) is 6.92 Å². The van der Waals surface area contributed by atoms with E-state index in [-0.39, 0.29) is 35.0 Å². The number of aryl methyl sites for hydroxylation is 1. The Kier molecular flexibility index (Phi) is 7.02. The van der Waals surface area contributed by atoms with Crippen LogP contribution in [0.4, 0.5) is 0 Å². The van der Waals surface area contributed by atoms with Gasteiger partial charge in [0.2, 0.25) is 6.29 Å². The fraction of sp³-hybridized carbons (Fsp3) is 0.667. The number of Topliss-reactive ketones (excluding diaryl/α,β-unsaturated/α-hetero) is 1. The van der Waals surface area contributed by atoms with Crippen molar-refractivity contribution < 1.29 is 69.0 Å². The zero-order chi connectivity index (χ0) is 22.8. The third-order valence-corrected chi connectivity index (χ3v) is 8.46. The normalized spacial score (nSPS) is 41.9. The van der Waals surface area contributed by atoms with Crippen LogP contribution in [0.5, 0.6) is 5.75 Å². The van der Waals surface area contributed by atoms with Crippen LogP contribution in [-0.4, -0.2) is 57.8 Å². The van der Waals surface area contributed by atoms with E-state index in [9.17, 15) is 30.0 Å². The summed E-state index contributed by atoms with van der Waals surface area (Å²) in [6.45, 7) is 2.15. The first-order chi connectivity index (χ1) is 15.2. The molecule has 33 heavy (non-hydrogen) atoms. The third kappa shape index (κ3) is 4.07. The summed E-state index contributed by atoms with van der Waals surface area (Å²) >= 11 is 0. The van der Waals surface area contributed by atoms with Gasteiger partial charge in [0.05, 0.1) is 5.97 Å². The van der Waals surface area contributed by atoms with Crippen LogP contribution in [0.3, 0.4) is 0 Å². The number of aliphatic hydroxyl groups excluding tert-OH is 3. The van der Waals surface area contributed by atoms with E-state index in [4.69, 9.17) is 9.47 Å². The molecule has 0 radical (unpaired) electrons. The minimum atomic E-state index is -1.81. The molecule has 5 rings (SSSR count). The van der Waals surface area contributed by atoms with Gasteiger partial charge in [0.25, 0.3) is 0 Å². The second-order valence-electron chi connectivity index (χ2n) is 10.0. The summed E-state index contributed by atoms with van der Waals surface area (Å²) in [6, 6.07) is 5.65. The Morgan fingerprint density at radius 2 is 1.88 bits per heavy atom. The van der Waals surface area contributed by atoms with Crippen LogP contribution in [0.15, 0.2) is 18.2 Å². The maximum atomic E-state index is 12.5. The second-order valence-corrected chi connectivity index (χ2v) is 10.0. The number of ether oxygens (including phenoxy) is 2. The van der Waals surface area contributed by atoms with E-state index >= 15 is 0 Å². The minimum Gasteiger partial charge on any atom is -0.547 e. The number of carboxylic acid groups (broad SMARTS) is 1. The fourth-order valence-corrected chi connectivity index (χ4v) is 6.68. The van der Waals surface area contributed by atoms with Crippen LogP contribution in [-0.2, 0) is 20.7 Å². The van der Waals surface area contributed by atoms with Gasteiger partial charge in [-0.1, -0.05) is 13.0 Å². The van der Waals surface area contributed by atoms with Gasteiger partial charge >= 0.3 is 29.6 Å². The van der Waals surface area contributed by atoms with Gasteiger partial charge in [-0.05, 0) is 73.1 Å². The molecule has 4 aliphatic rings. The summed E-state index contributed by atoms with van der Waals surface area (Å²) in [6.07, 6.45) is -2.97. The molecule has 3 N–H and O–H groups in total. The van der Waals surface area contributed by atoms with Crippen LogP contribution >= 0.6 is 0 Å². The topological polar surface area (TPSA) is 136 Å². The SMILES string of the molecule is C[C@]12CCC3c4ccc(OC5OC(C(=O)[O-])C(O)C(O)C5O)cc4CCC3C1CCC2=O.[Na+]. The molecule has 0 bridgehead atoms. The van der Waals surface area contributed by atoms with Gasteiger partial charge in [0, 0.05) is 11.8 Å². The molecular formula is C24H29NaO8. The van der Waals surface area contributed by atoms with Crippen molar-refractivity contribution in [3.8, 4) is 5.75 Å². The van der Waals surface area contributed by atoms with Gasteiger partial charge < -0.3 is 34.7 Å². The number of ketones is 1. The molecule has 1 aromatic rings. The van der Waals surface area contributed by atoms with E-state index in [0.717, 1.165) is 37.7 Å². The van der Waals surface area contributed by atoms with E-state index < -0.39 is 36.7 Å². The molecule has 9 heteroatoms. The van der Waals surface area contributed by atoms with Gasteiger partial charge in [0.1, 0.15) is 35.9 Å². The Morgan fingerprint density at radius 3 is 2.61 bits per heavy atom. The maximum Gasteiger partial charge on any atom is 1.00 e. The molecule has 0 spiro atoms. The van der Waals surface area contributed by atoms with Gasteiger partial charge in [0.15, 0.2) is 0 Å². The number of carboxylic acids is 1. The molecule has 8 nitrogen and oxygen atoms in total. The van der Waals surface area contributed by atoms with Gasteiger partial charge in [-0.25, -0.2) is 0 Å². The Hall–Kier alpha value is -1.000. The van der Waals surface area contributed by atoms with Crippen molar-refractivity contribution in [2.24, 2.45) is 17.3 Å². The number of hydrogen-bond donors (Lipinski definition) is 3. The molecule has 174 valence electrons. The third-order valence-electron chi connectivity index (χ3n) is 8.46. The second kappa shape index (κ2) is 9.22. The molecule has 8 unspecified atom stereocenters. The number of aliphatic hydroxyl groups is 3. The summed E-state index contributed by atoms with van der Waals surface area (Å²) in [5.74, 6) is 0.477. The Morgan fingerprint density at radius 1 is 1.12 bits per heavy atom. The Balaban J connectivity index is 0.00000259. The quantitative estimate of drug-likeness (QED) is 0.401. The summed E-state index contributed by atoms with van der Waals surface area (Å²) < 4.78 is 10.9. The van der Waals surface area contributed by atoms with Gasteiger partial charge in [-0.3, -0.25) is 4.79 Å². The van der Waals surface area contributed by atoms with Crippen molar-refractivity contribution in [3.63, 3.8) is 0 Å². The number of carbonyl (C=O) groups is 2. The first-order valence-corrected chi connectivity index (χ1v) is 11.4. The molecule has 1 aliphatic heterocycles. The van der Waals surface area contributed by atoms with Gasteiger partial charge in [-0.15, -0.1) is 0 Å². The molecule has 3 fully saturated rings. The molecular weight excluding hydrogens is 439 g/mol. The predicted octanol–water partition coefficient (Wildman–Crippen LogP) is -2.95. The molecule has 3 aliphatic carbocycles. The Labute approximate surface area is 214 Å². The number of hydrogen-bond acceptors (Lipinski definition) is 8. The van der Waals surface area contributed by atoms with Crippen LogP contribution in [0, 0.1) is 17.3 Å². The van der Waals surface area contributed by atoms with Crippen molar-refractivity contribution in [3.05, 3.63) is 29.3 Å². The largest absolute Gasteiger partial charge is 1.00 e. The average Bonchev–Trinajstić information content (AvgIpc) is 3.08. The standard InChI is InChI=1S/C24H30O8.Na/c1-24-9-8-14-13-5-3-12(10-11(13)2-4-15(14)16(24)6-7-17(24)25)31-23-20(28)18(26)19(27)21(32-23)22(29)30;/h3,5,10,14-16,18-21,23,26-28H,2,4,6-9H2,1H3,(H,29,30);/q;+1/p-1/t14?,15?,16?,18?,19?,20?,21?,23?,24-;/m0./s1. The number of fused-ring (bicyclic) bond motifs is 5. The van der Waals surface area contributed by atoms with E-state index in [1.165, 1.54) is 5.56 Å². The van der Waals surface area contributed by atoms with Crippen molar-refractivity contribution in [2.75, 3.05) is 0 Å². The van der Waals surface area contributed by atoms with E-state index in [0.29, 0.717) is 35.7 Å². The molecule has 1 saturated heterocycles. The maximum absolute atomic E-state index is 12.5. The molecule has 0 aromatic heterocycles. The summed E-state index contributed by atoms with van der Waals surface area (Å²) in [7, 11) is 0. The molecule has 9 atom stereocenters. The Bertz CT molecular complexity index is 937. The van der Waals surface area contributed by atoms with Crippen molar-refractivity contribution in [1.82, 2.24) is 0 Å². The molecule has 0 amide bonds. The summed E-state index contributed by atoms with van der Waals surface area (Å²) in [4.78, 5) is 23.7. The fourth-order valence-electron chi connectivity index (χ4n) is 6.68. The average molecular weight is 468 g/mol. The molecule has 2 saturated carbocycles. The monoisotopic (exact) mass is 468 g/mol. The van der Waals surface area contributed by atoms with Crippen molar-refractivity contribution in [1.29, 1.82) is 0 Å². The molecule has 1 heterocycles. The summed E-state index contributed by atoms with van der Waals surface area (Å²) in [5, 5.41) is 41.2. The number of benzene rings is 1. The van der Waals surface area contributed by atoms with Gasteiger partial charge in [-0.2, -0.15) is 0 Å². The number of carbonyl (C=O) groups excluding carboxylic acids is 2. The van der Waals surface area contributed by atoms with Crippen molar-refractivity contribution in [2.45, 2.75) is 82.1 Å². The zero-order valence-corrected chi connectivity index (χ0v) is 21.0. The molecule has 1 aromatic carbocycles.